The summed E-state index contributed by atoms with van der Waals surface area (Å²) in [6, 6.07) is 15.4. The van der Waals surface area contributed by atoms with Gasteiger partial charge in [-0.25, -0.2) is 8.42 Å². The minimum Gasteiger partial charge on any atom is -0.336 e. The number of hydrogen-bond acceptors (Lipinski definition) is 4. The number of benzene rings is 2. The first kappa shape index (κ1) is 25.1. The SMILES string of the molecule is CC(C)=CC1C(C(=O)Nc2cccc(S(=O)(=O)N3CCN(C(=O)c4ccccc4)CC3)c2)C1(C)C. The van der Waals surface area contributed by atoms with Gasteiger partial charge in [0.1, 0.15) is 0 Å². The van der Waals surface area contributed by atoms with Gasteiger partial charge in [0.05, 0.1) is 10.8 Å². The second-order valence-electron chi connectivity index (χ2n) is 10.1. The molecule has 1 N–H and O–H groups in total. The molecule has 0 spiro atoms. The molecule has 186 valence electrons. The average Bonchev–Trinajstić information content (AvgIpc) is 3.38. The smallest absolute Gasteiger partial charge is 0.253 e. The predicted octanol–water partition coefficient (Wildman–Crippen LogP) is 4.01. The maximum Gasteiger partial charge on any atom is 0.253 e. The normalized spacial score (nSPS) is 21.8. The summed E-state index contributed by atoms with van der Waals surface area (Å²) in [5, 5.41) is 2.91. The molecule has 2 aliphatic rings. The Kier molecular flexibility index (Phi) is 6.88. The highest BCUT2D eigenvalue weighted by Gasteiger charge is 2.60. The molecule has 0 aromatic heterocycles. The molecule has 0 radical (unpaired) electrons. The Labute approximate surface area is 207 Å². The zero-order valence-electron chi connectivity index (χ0n) is 20.7. The number of carbonyl (C=O) groups excluding carboxylic acids is 2. The van der Waals surface area contributed by atoms with Crippen LogP contribution in [0, 0.1) is 17.3 Å². The Hall–Kier alpha value is -2.97. The Bertz CT molecular complexity index is 1240. The van der Waals surface area contributed by atoms with Gasteiger partial charge in [-0.15, -0.1) is 0 Å². The lowest BCUT2D eigenvalue weighted by atomic mass is 10.1. The Morgan fingerprint density at radius 1 is 0.971 bits per heavy atom. The summed E-state index contributed by atoms with van der Waals surface area (Å²) in [5.74, 6) is -0.163. The number of piperazine rings is 1. The van der Waals surface area contributed by atoms with E-state index < -0.39 is 10.0 Å². The van der Waals surface area contributed by atoms with Crippen LogP contribution in [0.15, 0.2) is 71.1 Å². The lowest BCUT2D eigenvalue weighted by Crippen LogP contribution is -2.50. The fourth-order valence-corrected chi connectivity index (χ4v) is 6.32. The fraction of sp³-hybridized carbons (Fsp3) is 0.407. The molecular formula is C27H33N3O4S. The number of allylic oxidation sites excluding steroid dienone is 2. The summed E-state index contributed by atoms with van der Waals surface area (Å²) < 4.78 is 28.0. The van der Waals surface area contributed by atoms with E-state index in [1.807, 2.05) is 32.0 Å². The number of amides is 2. The maximum absolute atomic E-state index is 13.3. The van der Waals surface area contributed by atoms with Crippen molar-refractivity contribution in [2.75, 3.05) is 31.5 Å². The van der Waals surface area contributed by atoms with Crippen LogP contribution in [-0.4, -0.2) is 55.6 Å². The van der Waals surface area contributed by atoms with Gasteiger partial charge in [0, 0.05) is 37.4 Å². The molecule has 1 saturated carbocycles. The summed E-state index contributed by atoms with van der Waals surface area (Å²) in [4.78, 5) is 27.4. The number of nitrogens with zero attached hydrogens (tertiary/aromatic N) is 2. The van der Waals surface area contributed by atoms with Gasteiger partial charge >= 0.3 is 0 Å². The Morgan fingerprint density at radius 3 is 2.26 bits per heavy atom. The monoisotopic (exact) mass is 495 g/mol. The lowest BCUT2D eigenvalue weighted by Gasteiger charge is -2.34. The zero-order chi connectivity index (χ0) is 25.4. The molecule has 0 bridgehead atoms. The van der Waals surface area contributed by atoms with Crippen molar-refractivity contribution in [3.05, 3.63) is 71.8 Å². The summed E-state index contributed by atoms with van der Waals surface area (Å²) >= 11 is 0. The first-order chi connectivity index (χ1) is 16.5. The molecule has 1 heterocycles. The van der Waals surface area contributed by atoms with E-state index in [1.54, 1.807) is 35.2 Å². The molecule has 2 aromatic rings. The molecule has 2 unspecified atom stereocenters. The molecule has 1 saturated heterocycles. The number of hydrogen-bond donors (Lipinski definition) is 1. The van der Waals surface area contributed by atoms with Crippen molar-refractivity contribution in [2.24, 2.45) is 17.3 Å². The highest BCUT2D eigenvalue weighted by molar-refractivity contribution is 7.89. The predicted molar refractivity (Wildman–Crippen MR) is 136 cm³/mol. The van der Waals surface area contributed by atoms with Crippen LogP contribution in [-0.2, 0) is 14.8 Å². The van der Waals surface area contributed by atoms with Crippen LogP contribution in [0.2, 0.25) is 0 Å². The van der Waals surface area contributed by atoms with E-state index in [0.29, 0.717) is 24.3 Å². The number of nitrogens with one attached hydrogen (secondary N) is 1. The highest BCUT2D eigenvalue weighted by atomic mass is 32.2. The van der Waals surface area contributed by atoms with E-state index in [1.165, 1.54) is 15.9 Å². The van der Waals surface area contributed by atoms with Crippen molar-refractivity contribution in [3.63, 3.8) is 0 Å². The molecule has 8 heteroatoms. The molecule has 2 amide bonds. The topological polar surface area (TPSA) is 86.8 Å². The molecule has 1 aliphatic heterocycles. The van der Waals surface area contributed by atoms with Crippen LogP contribution in [0.3, 0.4) is 0 Å². The van der Waals surface area contributed by atoms with Gasteiger partial charge in [-0.1, -0.05) is 49.8 Å². The molecule has 2 fully saturated rings. The zero-order valence-corrected chi connectivity index (χ0v) is 21.5. The molecule has 1 aliphatic carbocycles. The van der Waals surface area contributed by atoms with E-state index in [-0.39, 0.29) is 47.1 Å². The van der Waals surface area contributed by atoms with Crippen molar-refractivity contribution in [3.8, 4) is 0 Å². The summed E-state index contributed by atoms with van der Waals surface area (Å²) in [7, 11) is -3.75. The quantitative estimate of drug-likeness (QED) is 0.614. The third-order valence-electron chi connectivity index (χ3n) is 6.99. The van der Waals surface area contributed by atoms with Crippen molar-refractivity contribution in [2.45, 2.75) is 32.6 Å². The van der Waals surface area contributed by atoms with Crippen molar-refractivity contribution in [1.82, 2.24) is 9.21 Å². The van der Waals surface area contributed by atoms with E-state index >= 15 is 0 Å². The van der Waals surface area contributed by atoms with Crippen molar-refractivity contribution >= 4 is 27.5 Å². The molecule has 2 atom stereocenters. The van der Waals surface area contributed by atoms with E-state index in [0.717, 1.165) is 0 Å². The van der Waals surface area contributed by atoms with Gasteiger partial charge in [-0.2, -0.15) is 4.31 Å². The Morgan fingerprint density at radius 2 is 1.63 bits per heavy atom. The maximum atomic E-state index is 13.3. The highest BCUT2D eigenvalue weighted by Crippen LogP contribution is 2.59. The van der Waals surface area contributed by atoms with Gasteiger partial charge in [-0.05, 0) is 55.5 Å². The largest absolute Gasteiger partial charge is 0.336 e. The van der Waals surface area contributed by atoms with Gasteiger partial charge < -0.3 is 10.2 Å². The molecule has 35 heavy (non-hydrogen) atoms. The average molecular weight is 496 g/mol. The third-order valence-corrected chi connectivity index (χ3v) is 8.89. The minimum absolute atomic E-state index is 0.0956. The molecular weight excluding hydrogens is 462 g/mol. The van der Waals surface area contributed by atoms with Gasteiger partial charge in [-0.3, -0.25) is 9.59 Å². The second kappa shape index (κ2) is 9.59. The molecule has 7 nitrogen and oxygen atoms in total. The van der Waals surface area contributed by atoms with Crippen LogP contribution in [0.5, 0.6) is 0 Å². The fourth-order valence-electron chi connectivity index (χ4n) is 4.85. The Balaban J connectivity index is 1.41. The lowest BCUT2D eigenvalue weighted by molar-refractivity contribution is -0.118. The van der Waals surface area contributed by atoms with Crippen LogP contribution >= 0.6 is 0 Å². The van der Waals surface area contributed by atoms with Gasteiger partial charge in [0.25, 0.3) is 5.91 Å². The minimum atomic E-state index is -3.75. The summed E-state index contributed by atoms with van der Waals surface area (Å²) in [6.45, 7) is 9.28. The van der Waals surface area contributed by atoms with Crippen LogP contribution in [0.25, 0.3) is 0 Å². The molecule has 4 rings (SSSR count). The van der Waals surface area contributed by atoms with Crippen molar-refractivity contribution < 1.29 is 18.0 Å². The third kappa shape index (κ3) is 5.18. The van der Waals surface area contributed by atoms with Gasteiger partial charge in [0.2, 0.25) is 15.9 Å². The van der Waals surface area contributed by atoms with E-state index in [4.69, 9.17) is 0 Å². The van der Waals surface area contributed by atoms with E-state index in [9.17, 15) is 18.0 Å². The molecule has 2 aromatic carbocycles. The standard InChI is InChI=1S/C27H33N3O4S/c1-19(2)17-23-24(27(23,3)4)25(31)28-21-11-8-12-22(18-21)35(33,34)30-15-13-29(14-16-30)26(32)20-9-6-5-7-10-20/h5-12,17-18,23-24H,13-16H2,1-4H3,(H,28,31). The number of rotatable bonds is 6. The second-order valence-corrected chi connectivity index (χ2v) is 12.1. The summed E-state index contributed by atoms with van der Waals surface area (Å²) in [6.07, 6.45) is 2.13. The number of sulfonamides is 1. The number of anilines is 1. The first-order valence-electron chi connectivity index (χ1n) is 11.9. The van der Waals surface area contributed by atoms with Crippen molar-refractivity contribution in [1.29, 1.82) is 0 Å². The van der Waals surface area contributed by atoms with Crippen LogP contribution in [0.4, 0.5) is 5.69 Å². The number of carbonyl (C=O) groups is 2. The van der Waals surface area contributed by atoms with Crippen LogP contribution < -0.4 is 5.32 Å². The first-order valence-corrected chi connectivity index (χ1v) is 13.4. The van der Waals surface area contributed by atoms with E-state index in [2.05, 4.69) is 25.2 Å². The summed E-state index contributed by atoms with van der Waals surface area (Å²) in [5.41, 5.74) is 2.12. The van der Waals surface area contributed by atoms with Gasteiger partial charge in [0.15, 0.2) is 0 Å². The van der Waals surface area contributed by atoms with Crippen LogP contribution in [0.1, 0.15) is 38.1 Å².